The predicted octanol–water partition coefficient (Wildman–Crippen LogP) is 3.09. The van der Waals surface area contributed by atoms with Crippen LogP contribution in [0.5, 0.6) is 0 Å². The molecule has 1 aliphatic rings. The molecular formula is C14H16FN3S. The van der Waals surface area contributed by atoms with Crippen molar-refractivity contribution in [1.82, 2.24) is 15.3 Å². The van der Waals surface area contributed by atoms with Crippen molar-refractivity contribution in [3.8, 4) is 0 Å². The highest BCUT2D eigenvalue weighted by atomic mass is 32.2. The molecular weight excluding hydrogens is 261 g/mol. The average Bonchev–Trinajstić information content (AvgIpc) is 3.13. The van der Waals surface area contributed by atoms with Gasteiger partial charge >= 0.3 is 0 Å². The molecule has 5 heteroatoms. The summed E-state index contributed by atoms with van der Waals surface area (Å²) in [6, 6.07) is 7.34. The average molecular weight is 277 g/mol. The topological polar surface area (TPSA) is 40.7 Å². The van der Waals surface area contributed by atoms with Crippen LogP contribution in [0, 0.1) is 5.82 Å². The van der Waals surface area contributed by atoms with Crippen LogP contribution < -0.4 is 5.32 Å². The first kappa shape index (κ1) is 12.7. The maximum Gasteiger partial charge on any atom is 0.124 e. The van der Waals surface area contributed by atoms with E-state index in [2.05, 4.69) is 15.3 Å². The van der Waals surface area contributed by atoms with E-state index < -0.39 is 0 Å². The molecule has 3 nitrogen and oxygen atoms in total. The number of nitrogens with zero attached hydrogens (tertiary/aromatic N) is 1. The zero-order valence-corrected chi connectivity index (χ0v) is 11.3. The Balaban J connectivity index is 1.51. The fraction of sp³-hybridized carbons (Fsp3) is 0.357. The SMILES string of the molecule is Fc1cccc(SCc2ncc(CNC3CC3)[nH]2)c1. The number of benzene rings is 1. The summed E-state index contributed by atoms with van der Waals surface area (Å²) >= 11 is 1.58. The minimum absolute atomic E-state index is 0.196. The molecule has 1 fully saturated rings. The molecule has 100 valence electrons. The largest absolute Gasteiger partial charge is 0.344 e. The van der Waals surface area contributed by atoms with E-state index in [1.54, 1.807) is 23.9 Å². The van der Waals surface area contributed by atoms with Crippen molar-refractivity contribution < 1.29 is 4.39 Å². The van der Waals surface area contributed by atoms with Crippen LogP contribution in [-0.2, 0) is 12.3 Å². The Morgan fingerprint density at radius 3 is 3.11 bits per heavy atom. The molecule has 0 spiro atoms. The van der Waals surface area contributed by atoms with Crippen molar-refractivity contribution in [1.29, 1.82) is 0 Å². The molecule has 0 unspecified atom stereocenters. The highest BCUT2D eigenvalue weighted by molar-refractivity contribution is 7.98. The molecule has 1 saturated carbocycles. The van der Waals surface area contributed by atoms with Crippen LogP contribution in [0.4, 0.5) is 4.39 Å². The second-order valence-electron chi connectivity index (χ2n) is 4.76. The molecule has 0 amide bonds. The number of aromatic nitrogens is 2. The van der Waals surface area contributed by atoms with Crippen molar-refractivity contribution in [3.05, 3.63) is 47.8 Å². The summed E-state index contributed by atoms with van der Waals surface area (Å²) in [4.78, 5) is 8.56. The summed E-state index contributed by atoms with van der Waals surface area (Å²) < 4.78 is 13.0. The Morgan fingerprint density at radius 2 is 2.32 bits per heavy atom. The highest BCUT2D eigenvalue weighted by Gasteiger charge is 2.20. The van der Waals surface area contributed by atoms with Gasteiger partial charge in [-0.2, -0.15) is 0 Å². The molecule has 2 aromatic rings. The van der Waals surface area contributed by atoms with Gasteiger partial charge in [0.2, 0.25) is 0 Å². The summed E-state index contributed by atoms with van der Waals surface area (Å²) in [5.41, 5.74) is 1.11. The lowest BCUT2D eigenvalue weighted by molar-refractivity contribution is 0.624. The van der Waals surface area contributed by atoms with Gasteiger partial charge in [-0.1, -0.05) is 6.07 Å². The number of imidazole rings is 1. The number of halogens is 1. The third kappa shape index (κ3) is 3.81. The van der Waals surface area contributed by atoms with Crippen LogP contribution >= 0.6 is 11.8 Å². The van der Waals surface area contributed by atoms with E-state index in [9.17, 15) is 4.39 Å². The van der Waals surface area contributed by atoms with E-state index in [-0.39, 0.29) is 5.82 Å². The molecule has 1 aromatic carbocycles. The molecule has 3 rings (SSSR count). The zero-order chi connectivity index (χ0) is 13.1. The molecule has 2 N–H and O–H groups in total. The van der Waals surface area contributed by atoms with Crippen molar-refractivity contribution >= 4 is 11.8 Å². The van der Waals surface area contributed by atoms with Crippen LogP contribution in [0.25, 0.3) is 0 Å². The lowest BCUT2D eigenvalue weighted by atomic mass is 10.4. The normalized spacial score (nSPS) is 14.8. The van der Waals surface area contributed by atoms with Gasteiger partial charge in [-0.15, -0.1) is 11.8 Å². The Bertz CT molecular complexity index is 551. The minimum atomic E-state index is -0.196. The number of aromatic amines is 1. The highest BCUT2D eigenvalue weighted by Crippen LogP contribution is 2.22. The number of hydrogen-bond acceptors (Lipinski definition) is 3. The van der Waals surface area contributed by atoms with E-state index in [1.807, 2.05) is 12.3 Å². The van der Waals surface area contributed by atoms with Gasteiger partial charge in [0, 0.05) is 29.4 Å². The van der Waals surface area contributed by atoms with Crippen molar-refractivity contribution in [2.24, 2.45) is 0 Å². The van der Waals surface area contributed by atoms with Crippen LogP contribution in [-0.4, -0.2) is 16.0 Å². The lowest BCUT2D eigenvalue weighted by Gasteiger charge is -2.00. The Kier molecular flexibility index (Phi) is 3.84. The first-order chi connectivity index (χ1) is 9.29. The molecule has 0 aliphatic heterocycles. The Morgan fingerprint density at radius 1 is 1.42 bits per heavy atom. The van der Waals surface area contributed by atoms with Crippen molar-refractivity contribution in [2.45, 2.75) is 36.1 Å². The first-order valence-corrected chi connectivity index (χ1v) is 7.43. The molecule has 1 heterocycles. The monoisotopic (exact) mass is 277 g/mol. The van der Waals surface area contributed by atoms with Gasteiger partial charge in [0.25, 0.3) is 0 Å². The Hall–Kier alpha value is -1.33. The third-order valence-electron chi connectivity index (χ3n) is 3.01. The lowest BCUT2D eigenvalue weighted by Crippen LogP contribution is -2.15. The molecule has 1 aliphatic carbocycles. The standard InChI is InChI=1S/C14H16FN3S/c15-10-2-1-3-13(6-10)19-9-14-17-8-12(18-14)7-16-11-4-5-11/h1-3,6,8,11,16H,4-5,7,9H2,(H,17,18). The molecule has 0 radical (unpaired) electrons. The summed E-state index contributed by atoms with van der Waals surface area (Å²) in [6.07, 6.45) is 4.45. The molecule has 0 bridgehead atoms. The second kappa shape index (κ2) is 5.75. The van der Waals surface area contributed by atoms with E-state index in [0.29, 0.717) is 6.04 Å². The van der Waals surface area contributed by atoms with Crippen molar-refractivity contribution in [3.63, 3.8) is 0 Å². The maximum absolute atomic E-state index is 13.0. The van der Waals surface area contributed by atoms with E-state index in [4.69, 9.17) is 0 Å². The van der Waals surface area contributed by atoms with Gasteiger partial charge in [0.05, 0.1) is 5.75 Å². The smallest absolute Gasteiger partial charge is 0.124 e. The van der Waals surface area contributed by atoms with E-state index in [0.717, 1.165) is 28.7 Å². The number of rotatable bonds is 6. The van der Waals surface area contributed by atoms with E-state index in [1.165, 1.54) is 18.9 Å². The van der Waals surface area contributed by atoms with Gasteiger partial charge in [0.1, 0.15) is 11.6 Å². The quantitative estimate of drug-likeness (QED) is 0.797. The van der Waals surface area contributed by atoms with Crippen LogP contribution in [0.15, 0.2) is 35.4 Å². The summed E-state index contributed by atoms with van der Waals surface area (Å²) in [5.74, 6) is 1.47. The minimum Gasteiger partial charge on any atom is -0.344 e. The molecule has 19 heavy (non-hydrogen) atoms. The van der Waals surface area contributed by atoms with E-state index >= 15 is 0 Å². The predicted molar refractivity (Wildman–Crippen MR) is 74.4 cm³/mol. The first-order valence-electron chi connectivity index (χ1n) is 6.44. The maximum atomic E-state index is 13.0. The fourth-order valence-corrected chi connectivity index (χ4v) is 2.64. The van der Waals surface area contributed by atoms with Crippen molar-refractivity contribution in [2.75, 3.05) is 0 Å². The number of hydrogen-bond donors (Lipinski definition) is 2. The zero-order valence-electron chi connectivity index (χ0n) is 10.5. The van der Waals surface area contributed by atoms with Crippen LogP contribution in [0.3, 0.4) is 0 Å². The van der Waals surface area contributed by atoms with Gasteiger partial charge in [-0.05, 0) is 31.0 Å². The molecule has 1 aromatic heterocycles. The van der Waals surface area contributed by atoms with Gasteiger partial charge < -0.3 is 10.3 Å². The van der Waals surface area contributed by atoms with Gasteiger partial charge in [-0.3, -0.25) is 0 Å². The fourth-order valence-electron chi connectivity index (χ4n) is 1.82. The molecule has 0 atom stereocenters. The summed E-state index contributed by atoms with van der Waals surface area (Å²) in [6.45, 7) is 0.850. The number of H-pyrrole nitrogens is 1. The summed E-state index contributed by atoms with van der Waals surface area (Å²) in [7, 11) is 0. The summed E-state index contributed by atoms with van der Waals surface area (Å²) in [5, 5.41) is 3.44. The van der Waals surface area contributed by atoms with Gasteiger partial charge in [-0.25, -0.2) is 9.37 Å². The number of thioether (sulfide) groups is 1. The molecule has 0 saturated heterocycles. The second-order valence-corrected chi connectivity index (χ2v) is 5.81. The Labute approximate surface area is 116 Å². The number of nitrogens with one attached hydrogen (secondary N) is 2. The van der Waals surface area contributed by atoms with Gasteiger partial charge in [0.15, 0.2) is 0 Å². The van der Waals surface area contributed by atoms with Crippen LogP contribution in [0.1, 0.15) is 24.4 Å². The van der Waals surface area contributed by atoms with Crippen LogP contribution in [0.2, 0.25) is 0 Å². The third-order valence-corrected chi connectivity index (χ3v) is 4.02.